The first-order valence-corrected chi connectivity index (χ1v) is 13.4. The van der Waals surface area contributed by atoms with Crippen molar-refractivity contribution in [2.45, 2.75) is 25.6 Å². The van der Waals surface area contributed by atoms with Crippen LogP contribution in [0.15, 0.2) is 48.7 Å². The Morgan fingerprint density at radius 1 is 1.15 bits per heavy atom. The van der Waals surface area contributed by atoms with Gasteiger partial charge in [0, 0.05) is 67.9 Å². The van der Waals surface area contributed by atoms with Gasteiger partial charge < -0.3 is 35.6 Å². The minimum atomic E-state index is -0.893. The van der Waals surface area contributed by atoms with Crippen LogP contribution in [0, 0.1) is 11.3 Å². The number of ether oxygens (including phenoxy) is 1. The Bertz CT molecular complexity index is 1450. The highest BCUT2D eigenvalue weighted by Gasteiger charge is 2.31. The summed E-state index contributed by atoms with van der Waals surface area (Å²) in [5.74, 6) is -0.188. The summed E-state index contributed by atoms with van der Waals surface area (Å²) in [6, 6.07) is 15.5. The Morgan fingerprint density at radius 2 is 1.95 bits per heavy atom. The monoisotopic (exact) mass is 543 g/mol. The molecule has 2 aromatic carbocycles. The molecule has 0 unspecified atom stereocenters. The number of rotatable bonds is 6. The van der Waals surface area contributed by atoms with Crippen molar-refractivity contribution >= 4 is 40.0 Å². The van der Waals surface area contributed by atoms with Gasteiger partial charge in [-0.05, 0) is 61.4 Å². The number of hydrogen-bond acceptors (Lipinski definition) is 8. The highest BCUT2D eigenvalue weighted by Crippen LogP contribution is 2.30. The van der Waals surface area contributed by atoms with Crippen LogP contribution in [0.3, 0.4) is 0 Å². The molecule has 5 rings (SSSR count). The number of nitrogen functional groups attached to an aromatic ring is 1. The molecular weight excluding hydrogens is 510 g/mol. The van der Waals surface area contributed by atoms with Crippen molar-refractivity contribution in [3.8, 4) is 6.07 Å². The lowest BCUT2D eigenvalue weighted by atomic mass is 10.1. The zero-order chi connectivity index (χ0) is 28.2. The zero-order valence-corrected chi connectivity index (χ0v) is 22.4. The second-order valence-corrected chi connectivity index (χ2v) is 10.2. The molecule has 4 N–H and O–H groups in total. The van der Waals surface area contributed by atoms with Gasteiger partial charge in [-0.1, -0.05) is 0 Å². The molecule has 0 bridgehead atoms. The predicted molar refractivity (Wildman–Crippen MR) is 152 cm³/mol. The number of aromatic nitrogens is 1. The number of anilines is 3. The van der Waals surface area contributed by atoms with E-state index >= 15 is 0 Å². The van der Waals surface area contributed by atoms with Crippen LogP contribution in [0.2, 0.25) is 0 Å². The second-order valence-electron chi connectivity index (χ2n) is 10.2. The molecule has 3 heterocycles. The van der Waals surface area contributed by atoms with Gasteiger partial charge in [0.15, 0.2) is 6.10 Å². The van der Waals surface area contributed by atoms with E-state index in [4.69, 9.17) is 10.5 Å². The first kappa shape index (κ1) is 27.0. The molecule has 0 spiro atoms. The maximum atomic E-state index is 13.1. The highest BCUT2D eigenvalue weighted by atomic mass is 16.5. The van der Waals surface area contributed by atoms with Crippen molar-refractivity contribution in [2.75, 3.05) is 61.3 Å². The fourth-order valence-electron chi connectivity index (χ4n) is 5.41. The number of carbonyl (C=O) groups excluding carboxylic acids is 1. The minimum Gasteiger partial charge on any atom is -0.465 e. The van der Waals surface area contributed by atoms with Gasteiger partial charge in [-0.2, -0.15) is 5.26 Å². The van der Waals surface area contributed by atoms with E-state index in [2.05, 4.69) is 26.2 Å². The Kier molecular flexibility index (Phi) is 7.89. The molecule has 2 aliphatic heterocycles. The summed E-state index contributed by atoms with van der Waals surface area (Å²) >= 11 is 0. The van der Waals surface area contributed by atoms with Gasteiger partial charge in [0.05, 0.1) is 23.7 Å². The molecule has 1 aromatic heterocycles. The summed E-state index contributed by atoms with van der Waals surface area (Å²) in [6.45, 7) is 5.48. The van der Waals surface area contributed by atoms with Crippen LogP contribution >= 0.6 is 0 Å². The Morgan fingerprint density at radius 3 is 2.70 bits per heavy atom. The van der Waals surface area contributed by atoms with E-state index in [0.29, 0.717) is 69.0 Å². The van der Waals surface area contributed by atoms with Gasteiger partial charge in [0.1, 0.15) is 6.07 Å². The number of nitrogens with two attached hydrogens (primary N) is 1. The molecule has 0 radical (unpaired) electrons. The van der Waals surface area contributed by atoms with Crippen molar-refractivity contribution in [3.05, 3.63) is 59.8 Å². The predicted octanol–water partition coefficient (Wildman–Crippen LogP) is 2.44. The van der Waals surface area contributed by atoms with Crippen molar-refractivity contribution in [1.29, 1.82) is 5.26 Å². The average Bonchev–Trinajstić information content (AvgIpc) is 2.97. The van der Waals surface area contributed by atoms with Crippen LogP contribution in [0.1, 0.15) is 18.1 Å². The number of nitriles is 1. The largest absolute Gasteiger partial charge is 0.465 e. The van der Waals surface area contributed by atoms with Crippen LogP contribution in [0.25, 0.3) is 10.9 Å². The Balaban J connectivity index is 1.21. The number of hydrogen-bond donors (Lipinski definition) is 3. The van der Waals surface area contributed by atoms with E-state index in [1.54, 1.807) is 12.3 Å². The summed E-state index contributed by atoms with van der Waals surface area (Å²) < 4.78 is 6.01. The standard InChI is InChI=1S/C29H33N7O4/c1-19-17-36(25-7-4-21(16-30)27-23(25)3-2-9-32-27)18-26(40-19)28(37)33-10-8-20-15-22(5-6-24(20)31)34-11-13-35(14-12-34)29(38)39/h2-7,9,15,19,26H,8,10-14,17-18,31H2,1H3,(H,33,37)(H,38,39)/t19-,26-/m1/s1. The summed E-state index contributed by atoms with van der Waals surface area (Å²) in [6.07, 6.45) is 0.516. The number of benzene rings is 2. The lowest BCUT2D eigenvalue weighted by molar-refractivity contribution is -0.137. The maximum Gasteiger partial charge on any atom is 0.407 e. The average molecular weight is 544 g/mol. The fourth-order valence-corrected chi connectivity index (χ4v) is 5.41. The number of piperazine rings is 1. The van der Waals surface area contributed by atoms with E-state index in [1.807, 2.05) is 43.3 Å². The van der Waals surface area contributed by atoms with Crippen LogP contribution in [0.4, 0.5) is 21.9 Å². The number of carboxylic acid groups (broad SMARTS) is 1. The van der Waals surface area contributed by atoms with Crippen LogP contribution < -0.4 is 20.9 Å². The van der Waals surface area contributed by atoms with Crippen LogP contribution in [-0.2, 0) is 16.0 Å². The van der Waals surface area contributed by atoms with Gasteiger partial charge >= 0.3 is 6.09 Å². The van der Waals surface area contributed by atoms with Crippen LogP contribution in [0.5, 0.6) is 0 Å². The molecule has 2 saturated heterocycles. The van der Waals surface area contributed by atoms with Crippen molar-refractivity contribution in [3.63, 3.8) is 0 Å². The molecule has 0 aliphatic carbocycles. The third kappa shape index (κ3) is 5.72. The van der Waals surface area contributed by atoms with Gasteiger partial charge in [0.25, 0.3) is 5.91 Å². The molecule has 11 heteroatoms. The lowest BCUT2D eigenvalue weighted by Gasteiger charge is -2.38. The molecule has 2 fully saturated rings. The topological polar surface area (TPSA) is 148 Å². The van der Waals surface area contributed by atoms with Crippen molar-refractivity contribution in [2.24, 2.45) is 0 Å². The molecule has 11 nitrogen and oxygen atoms in total. The summed E-state index contributed by atoms with van der Waals surface area (Å²) in [7, 11) is 0. The summed E-state index contributed by atoms with van der Waals surface area (Å²) in [5, 5.41) is 22.5. The molecule has 208 valence electrons. The zero-order valence-electron chi connectivity index (χ0n) is 22.4. The lowest BCUT2D eigenvalue weighted by Crippen LogP contribution is -2.53. The number of nitrogens with one attached hydrogen (secondary N) is 1. The first-order chi connectivity index (χ1) is 19.3. The molecule has 2 aliphatic rings. The van der Waals surface area contributed by atoms with Crippen molar-refractivity contribution in [1.82, 2.24) is 15.2 Å². The molecule has 40 heavy (non-hydrogen) atoms. The number of pyridine rings is 1. The number of carbonyl (C=O) groups is 2. The number of nitrogens with zero attached hydrogens (tertiary/aromatic N) is 5. The van der Waals surface area contributed by atoms with Crippen molar-refractivity contribution < 1.29 is 19.4 Å². The van der Waals surface area contributed by atoms with E-state index in [1.165, 1.54) is 4.90 Å². The Hall–Kier alpha value is -4.56. The van der Waals surface area contributed by atoms with Gasteiger partial charge in [0.2, 0.25) is 0 Å². The number of amides is 2. The third-order valence-electron chi connectivity index (χ3n) is 7.50. The van der Waals surface area contributed by atoms with Gasteiger partial charge in [-0.25, -0.2) is 4.79 Å². The fraction of sp³-hybridized carbons (Fsp3) is 0.379. The van der Waals surface area contributed by atoms with Gasteiger partial charge in [-0.3, -0.25) is 9.78 Å². The van der Waals surface area contributed by atoms with E-state index < -0.39 is 12.2 Å². The molecule has 2 amide bonds. The Labute approximate surface area is 232 Å². The molecule has 3 aromatic rings. The minimum absolute atomic E-state index is 0.166. The quantitative estimate of drug-likeness (QED) is 0.399. The number of morpholine rings is 1. The molecule has 2 atom stereocenters. The van der Waals surface area contributed by atoms with E-state index in [9.17, 15) is 20.0 Å². The van der Waals surface area contributed by atoms with Crippen LogP contribution in [-0.4, -0.2) is 85.0 Å². The summed E-state index contributed by atoms with van der Waals surface area (Å²) in [5.41, 5.74) is 10.9. The smallest absolute Gasteiger partial charge is 0.407 e. The second kappa shape index (κ2) is 11.7. The third-order valence-corrected chi connectivity index (χ3v) is 7.50. The number of fused-ring (bicyclic) bond motifs is 1. The van der Waals surface area contributed by atoms with E-state index in [0.717, 1.165) is 22.3 Å². The normalized spacial score (nSPS) is 19.4. The maximum absolute atomic E-state index is 13.1. The summed E-state index contributed by atoms with van der Waals surface area (Å²) in [4.78, 5) is 34.4. The van der Waals surface area contributed by atoms with E-state index in [-0.39, 0.29) is 12.0 Å². The SMILES string of the molecule is C[C@@H]1CN(c2ccc(C#N)c3ncccc23)C[C@H](C(=O)NCCc2cc(N3CCN(C(=O)O)CC3)ccc2N)O1. The first-order valence-electron chi connectivity index (χ1n) is 13.4. The molecular formula is C29H33N7O4. The van der Waals surface area contributed by atoms with Gasteiger partial charge in [-0.15, -0.1) is 0 Å². The highest BCUT2D eigenvalue weighted by molar-refractivity contribution is 5.95. The molecule has 0 saturated carbocycles.